The highest BCUT2D eigenvalue weighted by molar-refractivity contribution is 5.43. The molecule has 1 aliphatic carbocycles. The molecule has 4 nitrogen and oxygen atoms in total. The van der Waals surface area contributed by atoms with E-state index in [0.717, 1.165) is 25.0 Å². The molecule has 0 aliphatic heterocycles. The van der Waals surface area contributed by atoms with Gasteiger partial charge in [-0.2, -0.15) is 0 Å². The van der Waals surface area contributed by atoms with Crippen LogP contribution >= 0.6 is 0 Å². The van der Waals surface area contributed by atoms with Crippen LogP contribution in [0.3, 0.4) is 0 Å². The van der Waals surface area contributed by atoms with Crippen molar-refractivity contribution in [3.8, 4) is 11.5 Å². The van der Waals surface area contributed by atoms with Gasteiger partial charge in [0.15, 0.2) is 0 Å². The maximum Gasteiger partial charge on any atom is 0.573 e. The smallest absolute Gasteiger partial charge is 0.496 e. The maximum atomic E-state index is 12.2. The van der Waals surface area contributed by atoms with Crippen molar-refractivity contribution in [2.75, 3.05) is 7.11 Å². The molecule has 0 aromatic heterocycles. The number of nitrogens with two attached hydrogens (primary N) is 1. The van der Waals surface area contributed by atoms with Gasteiger partial charge in [-0.25, -0.2) is 0 Å². The molecule has 1 saturated carbocycles. The summed E-state index contributed by atoms with van der Waals surface area (Å²) in [6, 6.07) is 2.96. The largest absolute Gasteiger partial charge is 0.573 e. The Morgan fingerprint density at radius 1 is 1.35 bits per heavy atom. The first-order valence-electron chi connectivity index (χ1n) is 6.19. The quantitative estimate of drug-likeness (QED) is 0.874. The minimum atomic E-state index is -4.76. The molecular weight excluding hydrogens is 275 g/mol. The molecule has 7 heteroatoms. The van der Waals surface area contributed by atoms with Crippen LogP contribution in [0.25, 0.3) is 0 Å². The van der Waals surface area contributed by atoms with E-state index in [1.807, 2.05) is 0 Å². The number of halogens is 3. The lowest BCUT2D eigenvalue weighted by molar-refractivity contribution is -0.274. The van der Waals surface area contributed by atoms with Crippen LogP contribution in [0.2, 0.25) is 0 Å². The molecule has 2 rings (SSSR count). The minimum absolute atomic E-state index is 0.154. The summed E-state index contributed by atoms with van der Waals surface area (Å²) in [4.78, 5) is 0. The Balaban J connectivity index is 2.20. The van der Waals surface area contributed by atoms with Gasteiger partial charge in [0, 0.05) is 11.6 Å². The molecule has 1 fully saturated rings. The van der Waals surface area contributed by atoms with E-state index in [1.165, 1.54) is 13.2 Å². The third kappa shape index (κ3) is 3.55. The second-order valence-corrected chi connectivity index (χ2v) is 4.81. The standard InChI is InChI=1S/C13H16F3NO3/c1-19-10-6-8(20-13(14,15)16)4-5-9(10)11(17)12(18)7-2-3-7/h4-7,11-12,18H,2-3,17H2,1H3/t11-,12+/m1/s1. The molecule has 0 heterocycles. The number of hydrogen-bond acceptors (Lipinski definition) is 4. The molecule has 0 radical (unpaired) electrons. The fourth-order valence-electron chi connectivity index (χ4n) is 2.08. The molecule has 3 N–H and O–H groups in total. The number of hydrogen-bond donors (Lipinski definition) is 2. The van der Waals surface area contributed by atoms with Crippen molar-refractivity contribution >= 4 is 0 Å². The van der Waals surface area contributed by atoms with E-state index in [1.54, 1.807) is 0 Å². The summed E-state index contributed by atoms with van der Waals surface area (Å²) in [5, 5.41) is 9.99. The average Bonchev–Trinajstić information content (AvgIpc) is 3.19. The van der Waals surface area contributed by atoms with E-state index in [-0.39, 0.29) is 17.4 Å². The molecule has 0 amide bonds. The van der Waals surface area contributed by atoms with Gasteiger partial charge in [0.1, 0.15) is 11.5 Å². The maximum absolute atomic E-state index is 12.2. The van der Waals surface area contributed by atoms with Crippen LogP contribution < -0.4 is 15.2 Å². The SMILES string of the molecule is COc1cc(OC(F)(F)F)ccc1[C@@H](N)[C@@H](O)C1CC1. The Kier molecular flexibility index (Phi) is 4.10. The van der Waals surface area contributed by atoms with Crippen LogP contribution in [0.15, 0.2) is 18.2 Å². The molecule has 1 aliphatic rings. The highest BCUT2D eigenvalue weighted by Crippen LogP contribution is 2.40. The van der Waals surface area contributed by atoms with E-state index >= 15 is 0 Å². The van der Waals surface area contributed by atoms with Gasteiger partial charge in [-0.3, -0.25) is 0 Å². The molecule has 1 aromatic rings. The molecule has 20 heavy (non-hydrogen) atoms. The molecule has 112 valence electrons. The number of rotatable bonds is 5. The van der Waals surface area contributed by atoms with E-state index in [0.29, 0.717) is 5.56 Å². The Morgan fingerprint density at radius 2 is 2.00 bits per heavy atom. The van der Waals surface area contributed by atoms with Crippen LogP contribution in [0.4, 0.5) is 13.2 Å². The average molecular weight is 291 g/mol. The van der Waals surface area contributed by atoms with Crippen molar-refractivity contribution in [3.05, 3.63) is 23.8 Å². The summed E-state index contributed by atoms with van der Waals surface area (Å²) in [6.07, 6.45) is -3.67. The molecule has 0 unspecified atom stereocenters. The second-order valence-electron chi connectivity index (χ2n) is 4.81. The number of methoxy groups -OCH3 is 1. The summed E-state index contributed by atoms with van der Waals surface area (Å²) in [5.41, 5.74) is 6.40. The molecule has 1 aromatic carbocycles. The summed E-state index contributed by atoms with van der Waals surface area (Å²) in [6.45, 7) is 0. The first-order valence-corrected chi connectivity index (χ1v) is 6.19. The van der Waals surface area contributed by atoms with E-state index in [9.17, 15) is 18.3 Å². The number of ether oxygens (including phenoxy) is 2. The summed E-state index contributed by atoms with van der Waals surface area (Å²) in [5.74, 6) is -0.0639. The summed E-state index contributed by atoms with van der Waals surface area (Å²) >= 11 is 0. The third-order valence-corrected chi connectivity index (χ3v) is 3.27. The van der Waals surface area contributed by atoms with Crippen LogP contribution in [0.1, 0.15) is 24.4 Å². The van der Waals surface area contributed by atoms with Crippen LogP contribution in [-0.4, -0.2) is 24.7 Å². The lowest BCUT2D eigenvalue weighted by Crippen LogP contribution is -2.28. The van der Waals surface area contributed by atoms with Gasteiger partial charge in [0.05, 0.1) is 19.3 Å². The highest BCUT2D eigenvalue weighted by atomic mass is 19.4. The lowest BCUT2D eigenvalue weighted by Gasteiger charge is -2.21. The van der Waals surface area contributed by atoms with Crippen molar-refractivity contribution in [1.29, 1.82) is 0 Å². The fraction of sp³-hybridized carbons (Fsp3) is 0.538. The van der Waals surface area contributed by atoms with E-state index < -0.39 is 18.5 Å². The van der Waals surface area contributed by atoms with Crippen molar-refractivity contribution in [2.24, 2.45) is 11.7 Å². The van der Waals surface area contributed by atoms with Gasteiger partial charge in [-0.15, -0.1) is 13.2 Å². The number of aliphatic hydroxyl groups is 1. The molecule has 0 bridgehead atoms. The summed E-state index contributed by atoms with van der Waals surface area (Å²) in [7, 11) is 1.33. The van der Waals surface area contributed by atoms with Gasteiger partial charge in [0.25, 0.3) is 0 Å². The zero-order valence-corrected chi connectivity index (χ0v) is 10.9. The number of alkyl halides is 3. The third-order valence-electron chi connectivity index (χ3n) is 3.27. The zero-order chi connectivity index (χ0) is 14.9. The van der Waals surface area contributed by atoms with Gasteiger partial charge < -0.3 is 20.3 Å². The van der Waals surface area contributed by atoms with E-state index in [2.05, 4.69) is 4.74 Å². The van der Waals surface area contributed by atoms with Crippen LogP contribution in [0.5, 0.6) is 11.5 Å². The monoisotopic (exact) mass is 291 g/mol. The molecule has 0 spiro atoms. The second kappa shape index (κ2) is 5.49. The van der Waals surface area contributed by atoms with Gasteiger partial charge >= 0.3 is 6.36 Å². The Morgan fingerprint density at radius 3 is 2.50 bits per heavy atom. The number of aliphatic hydroxyl groups excluding tert-OH is 1. The Labute approximate surface area is 114 Å². The van der Waals surface area contributed by atoms with Crippen molar-refractivity contribution < 1.29 is 27.8 Å². The Bertz CT molecular complexity index is 474. The van der Waals surface area contributed by atoms with Gasteiger partial charge in [-0.05, 0) is 30.9 Å². The minimum Gasteiger partial charge on any atom is -0.496 e. The van der Waals surface area contributed by atoms with Crippen LogP contribution in [0, 0.1) is 5.92 Å². The van der Waals surface area contributed by atoms with E-state index in [4.69, 9.17) is 10.5 Å². The van der Waals surface area contributed by atoms with Gasteiger partial charge in [-0.1, -0.05) is 0 Å². The number of benzene rings is 1. The predicted octanol–water partition coefficient (Wildman–Crippen LogP) is 2.36. The predicted molar refractivity (Wildman–Crippen MR) is 65.3 cm³/mol. The summed E-state index contributed by atoms with van der Waals surface area (Å²) < 4.78 is 45.3. The lowest BCUT2D eigenvalue weighted by atomic mass is 9.98. The van der Waals surface area contributed by atoms with Gasteiger partial charge in [0.2, 0.25) is 0 Å². The fourth-order valence-corrected chi connectivity index (χ4v) is 2.08. The molecular formula is C13H16F3NO3. The van der Waals surface area contributed by atoms with Crippen molar-refractivity contribution in [1.82, 2.24) is 0 Å². The zero-order valence-electron chi connectivity index (χ0n) is 10.9. The first-order chi connectivity index (χ1) is 9.31. The van der Waals surface area contributed by atoms with Crippen LogP contribution in [-0.2, 0) is 0 Å². The topological polar surface area (TPSA) is 64.7 Å². The molecule has 2 atom stereocenters. The molecule has 0 saturated heterocycles. The first kappa shape index (κ1) is 14.9. The van der Waals surface area contributed by atoms with Crippen molar-refractivity contribution in [2.45, 2.75) is 31.3 Å². The Hall–Kier alpha value is -1.47. The highest BCUT2D eigenvalue weighted by Gasteiger charge is 2.36. The van der Waals surface area contributed by atoms with Crippen molar-refractivity contribution in [3.63, 3.8) is 0 Å². The normalized spacial score (nSPS) is 18.5.